The van der Waals surface area contributed by atoms with Crippen LogP contribution >= 0.6 is 23.2 Å². The number of hydrogen-bond donors (Lipinski definition) is 3. The Labute approximate surface area is 370 Å². The second kappa shape index (κ2) is 18.0. The lowest BCUT2D eigenvalue weighted by molar-refractivity contribution is -0.176. The smallest absolute Gasteiger partial charge is 0.338 e. The number of rotatable bonds is 9. The van der Waals surface area contributed by atoms with Gasteiger partial charge in [0.1, 0.15) is 28.2 Å². The predicted molar refractivity (Wildman–Crippen MR) is 230 cm³/mol. The van der Waals surface area contributed by atoms with Crippen LogP contribution in [0.15, 0.2) is 58.3 Å². The van der Waals surface area contributed by atoms with Crippen molar-refractivity contribution in [1.29, 1.82) is 0 Å². The number of primary sulfonamides is 1. The molecule has 0 radical (unpaired) electrons. The molecule has 2 fully saturated rings. The summed E-state index contributed by atoms with van der Waals surface area (Å²) in [5.74, 6) is -0.237. The number of benzene rings is 3. The van der Waals surface area contributed by atoms with Crippen LogP contribution in [0.4, 0.5) is 5.69 Å². The van der Waals surface area contributed by atoms with E-state index in [9.17, 15) is 26.4 Å². The maximum atomic E-state index is 13.5. The number of ether oxygens (including phenoxy) is 6. The molecule has 1 aliphatic carbocycles. The Bertz CT molecular complexity index is 2570. The van der Waals surface area contributed by atoms with Crippen molar-refractivity contribution in [3.8, 4) is 17.2 Å². The second-order valence-electron chi connectivity index (χ2n) is 15.5. The molecule has 4 N–H and O–H groups in total. The second-order valence-corrected chi connectivity index (χ2v) is 19.7. The SMILES string of the molecule is CN1C(CCl)Nc2cc(Cl)c(S(N)(=O)=O)cc2S1(=O)=O.COC(=O)[C@H]1[C@H]2C[C@@H]3c4[nH]c5ccccc5c4CCN3C[C@H]2C[C@@H](OC(=O)c2cc(OC)c(OC)c(OC)c2)[C@@H]1OC. The summed E-state index contributed by atoms with van der Waals surface area (Å²) < 4.78 is 82.0. The van der Waals surface area contributed by atoms with E-state index >= 15 is 0 Å². The maximum absolute atomic E-state index is 13.5. The van der Waals surface area contributed by atoms with Gasteiger partial charge in [-0.1, -0.05) is 29.8 Å². The van der Waals surface area contributed by atoms with Gasteiger partial charge in [-0.2, -0.15) is 4.31 Å². The van der Waals surface area contributed by atoms with E-state index < -0.39 is 55.2 Å². The molecule has 1 saturated carbocycles. The van der Waals surface area contributed by atoms with Crippen molar-refractivity contribution in [3.63, 3.8) is 0 Å². The molecule has 1 aromatic heterocycles. The fourth-order valence-corrected chi connectivity index (χ4v) is 12.4. The van der Waals surface area contributed by atoms with Gasteiger partial charge in [-0.25, -0.2) is 26.8 Å². The van der Waals surface area contributed by atoms with Gasteiger partial charge in [-0.3, -0.25) is 9.69 Å². The number of hydrogen-bond acceptors (Lipinski definition) is 14. The highest BCUT2D eigenvalue weighted by Crippen LogP contribution is 2.51. The molecule has 4 aromatic rings. The standard InChI is InChI=1S/C32H38N2O8.C9H11Cl2N3O4S2/c1-37-24-12-17(13-25(38-2)29(24)39-3)31(35)42-26-14-18-16-34-11-10-20-19-8-6-7-9-22(19)33-28(20)23(34)15-21(18)27(30(26)40-4)32(36)41-5;1-14-9(4-10)13-6-2-5(11)7(19(12,15)16)3-8(6)20(14,17)18/h6-9,12-13,18,21,23,26-27,30,33H,10-11,14-16H2,1-5H3;2-3,9,13H,4H2,1H3,(H2,12,15,16)/t18-,21+,23-,26-,27+,30+;/m1./s1. The van der Waals surface area contributed by atoms with Gasteiger partial charge in [0.2, 0.25) is 25.8 Å². The van der Waals surface area contributed by atoms with Crippen LogP contribution in [0.5, 0.6) is 17.2 Å². The number of anilines is 1. The van der Waals surface area contributed by atoms with Crippen LogP contribution < -0.4 is 24.7 Å². The Balaban J connectivity index is 0.000000242. The first-order valence-electron chi connectivity index (χ1n) is 19.6. The number of aromatic amines is 1. The van der Waals surface area contributed by atoms with Crippen LogP contribution in [-0.2, 0) is 45.5 Å². The molecule has 17 nitrogen and oxygen atoms in total. The molecule has 21 heteroatoms. The van der Waals surface area contributed by atoms with E-state index in [1.165, 1.54) is 58.2 Å². The van der Waals surface area contributed by atoms with Gasteiger partial charge in [0.05, 0.1) is 62.6 Å². The van der Waals surface area contributed by atoms with E-state index in [4.69, 9.17) is 56.8 Å². The van der Waals surface area contributed by atoms with Gasteiger partial charge in [0, 0.05) is 43.8 Å². The molecule has 7 atom stereocenters. The number of methoxy groups -OCH3 is 5. The molecule has 0 bridgehead atoms. The van der Waals surface area contributed by atoms with Gasteiger partial charge in [0.25, 0.3) is 0 Å². The van der Waals surface area contributed by atoms with Gasteiger partial charge in [0.15, 0.2) is 11.5 Å². The van der Waals surface area contributed by atoms with E-state index in [0.29, 0.717) is 23.7 Å². The van der Waals surface area contributed by atoms with Gasteiger partial charge >= 0.3 is 11.9 Å². The number of carbonyl (C=O) groups excluding carboxylic acids is 2. The fraction of sp³-hybridized carbons (Fsp3) is 0.463. The normalized spacial score (nSPS) is 25.3. The van der Waals surface area contributed by atoms with Crippen LogP contribution in [0.2, 0.25) is 5.02 Å². The molecule has 1 unspecified atom stereocenters. The molecule has 1 saturated heterocycles. The summed E-state index contributed by atoms with van der Waals surface area (Å²) >= 11 is 11.5. The zero-order chi connectivity index (χ0) is 44.8. The highest BCUT2D eigenvalue weighted by Gasteiger charge is 2.54. The van der Waals surface area contributed by atoms with Crippen molar-refractivity contribution in [3.05, 3.63) is 70.4 Å². The van der Waals surface area contributed by atoms with Crippen molar-refractivity contribution in [2.24, 2.45) is 22.9 Å². The topological polar surface area (TPSA) is 218 Å². The molecular formula is C41H49Cl2N5O12S2. The number of fused-ring (bicyclic) bond motifs is 7. The Morgan fingerprint density at radius 2 is 1.68 bits per heavy atom. The number of nitrogens with one attached hydrogen (secondary N) is 2. The van der Waals surface area contributed by atoms with E-state index in [-0.39, 0.29) is 50.9 Å². The molecule has 0 spiro atoms. The van der Waals surface area contributed by atoms with Crippen LogP contribution in [0.25, 0.3) is 10.9 Å². The minimum Gasteiger partial charge on any atom is -0.493 e. The minimum absolute atomic E-state index is 0.0112. The quantitative estimate of drug-likeness (QED) is 0.152. The zero-order valence-corrected chi connectivity index (χ0v) is 38.0. The molecule has 3 aromatic carbocycles. The molecule has 3 aliphatic heterocycles. The summed E-state index contributed by atoms with van der Waals surface area (Å²) in [6.45, 7) is 1.74. The summed E-state index contributed by atoms with van der Waals surface area (Å²) in [5.41, 5.74) is 4.20. The minimum atomic E-state index is -4.12. The molecule has 4 aliphatic rings. The first-order valence-corrected chi connectivity index (χ1v) is 23.5. The van der Waals surface area contributed by atoms with Crippen molar-refractivity contribution >= 4 is 71.8 Å². The van der Waals surface area contributed by atoms with E-state index in [2.05, 4.69) is 39.5 Å². The maximum Gasteiger partial charge on any atom is 0.338 e. The highest BCUT2D eigenvalue weighted by atomic mass is 35.5. The van der Waals surface area contributed by atoms with E-state index in [1.54, 1.807) is 19.2 Å². The summed E-state index contributed by atoms with van der Waals surface area (Å²) in [6, 6.07) is 13.9. The molecule has 4 heterocycles. The number of para-hydroxylation sites is 1. The average molecular weight is 939 g/mol. The van der Waals surface area contributed by atoms with Crippen molar-refractivity contribution in [1.82, 2.24) is 14.2 Å². The van der Waals surface area contributed by atoms with Crippen LogP contribution in [0.1, 0.15) is 40.5 Å². The monoisotopic (exact) mass is 937 g/mol. The average Bonchev–Trinajstić information content (AvgIpc) is 3.64. The number of piperidine rings is 1. The third kappa shape index (κ3) is 8.29. The van der Waals surface area contributed by atoms with Crippen molar-refractivity contribution in [2.45, 2.75) is 53.5 Å². The molecule has 8 rings (SSSR count). The molecule has 0 amide bonds. The van der Waals surface area contributed by atoms with Gasteiger partial charge in [-0.15, -0.1) is 11.6 Å². The molecular weight excluding hydrogens is 890 g/mol. The number of H-pyrrole nitrogens is 1. The number of sulfonamides is 2. The number of esters is 2. The lowest BCUT2D eigenvalue weighted by Crippen LogP contribution is -2.58. The number of carbonyl (C=O) groups is 2. The number of alkyl halides is 1. The highest BCUT2D eigenvalue weighted by molar-refractivity contribution is 7.90. The van der Waals surface area contributed by atoms with E-state index in [1.807, 2.05) is 0 Å². The summed E-state index contributed by atoms with van der Waals surface area (Å²) in [5, 5.41) is 8.99. The lowest BCUT2D eigenvalue weighted by atomic mass is 9.63. The first-order chi connectivity index (χ1) is 29.5. The Kier molecular flexibility index (Phi) is 13.3. The molecule has 62 heavy (non-hydrogen) atoms. The predicted octanol–water partition coefficient (Wildman–Crippen LogP) is 4.76. The van der Waals surface area contributed by atoms with Crippen molar-refractivity contribution in [2.75, 3.05) is 66.9 Å². The zero-order valence-electron chi connectivity index (χ0n) is 34.8. The van der Waals surface area contributed by atoms with Crippen molar-refractivity contribution < 1.29 is 54.8 Å². The van der Waals surface area contributed by atoms with E-state index in [0.717, 1.165) is 41.8 Å². The Hall–Kier alpha value is -4.34. The molecule has 336 valence electrons. The third-order valence-electron chi connectivity index (χ3n) is 12.4. The third-order valence-corrected chi connectivity index (χ3v) is 15.9. The number of aromatic nitrogens is 1. The summed E-state index contributed by atoms with van der Waals surface area (Å²) in [6.07, 6.45) is 0.394. The van der Waals surface area contributed by atoms with Crippen LogP contribution in [0, 0.1) is 17.8 Å². The number of nitrogens with two attached hydrogens (primary N) is 1. The largest absolute Gasteiger partial charge is 0.493 e. The summed E-state index contributed by atoms with van der Waals surface area (Å²) in [4.78, 5) is 32.4. The Morgan fingerprint density at radius 1 is 0.984 bits per heavy atom. The fourth-order valence-electron chi connectivity index (χ4n) is 9.41. The lowest BCUT2D eigenvalue weighted by Gasteiger charge is -2.52. The van der Waals surface area contributed by atoms with Gasteiger partial charge in [-0.05, 0) is 67.0 Å². The Morgan fingerprint density at radius 3 is 2.29 bits per heavy atom. The summed E-state index contributed by atoms with van der Waals surface area (Å²) in [7, 11) is 0.792. The number of halogens is 2. The van der Waals surface area contributed by atoms with Crippen LogP contribution in [-0.4, -0.2) is 123 Å². The van der Waals surface area contributed by atoms with Gasteiger partial charge < -0.3 is 38.7 Å². The first kappa shape index (κ1) is 45.7. The van der Waals surface area contributed by atoms with Crippen LogP contribution in [0.3, 0.4) is 0 Å². The number of nitrogens with zero attached hydrogens (tertiary/aromatic N) is 2.